The molecule has 3 aromatic rings. The first kappa shape index (κ1) is 23.1. The Hall–Kier alpha value is -3.09. The number of hydrogen-bond acceptors (Lipinski definition) is 6. The molecule has 0 bridgehead atoms. The van der Waals surface area contributed by atoms with Crippen molar-refractivity contribution in [3.05, 3.63) is 54.0 Å². The Bertz CT molecular complexity index is 1350. The second kappa shape index (κ2) is 8.36. The number of hydrogen-bond donors (Lipinski definition) is 2. The number of aromatic nitrogens is 2. The fraction of sp³-hybridized carbons (Fsp3) is 0.286. The number of amides is 1. The van der Waals surface area contributed by atoms with Gasteiger partial charge in [0.1, 0.15) is 5.82 Å². The van der Waals surface area contributed by atoms with Gasteiger partial charge in [0, 0.05) is 48.6 Å². The molecule has 1 aromatic carbocycles. The molecule has 1 amide bonds. The first-order valence-electron chi connectivity index (χ1n) is 9.97. The number of primary sulfonamides is 1. The number of halogens is 3. The fourth-order valence-corrected chi connectivity index (χ4v) is 4.14. The average Bonchev–Trinajstić information content (AvgIpc) is 2.75. The standard InChI is InChI=1S/C21H20F3N5O3S/c1-12-11-29(7-5-21(12,23)24)28-20(30)16-8-13-2-3-15(22)10-17(13)27-19(16)14-4-6-26-18(9-14)33(25,31)32/h2-4,6,8-10,12H,5,7,11H2,1H3,(H,28,30)(H2,25,31,32). The number of piperidine rings is 1. The van der Waals surface area contributed by atoms with Crippen LogP contribution in [0.4, 0.5) is 13.2 Å². The number of nitrogens with zero attached hydrogens (tertiary/aromatic N) is 3. The van der Waals surface area contributed by atoms with Crippen molar-refractivity contribution in [3.8, 4) is 11.3 Å². The van der Waals surface area contributed by atoms with Crippen molar-refractivity contribution in [2.24, 2.45) is 11.1 Å². The number of alkyl halides is 2. The molecule has 1 atom stereocenters. The molecule has 0 aliphatic carbocycles. The molecule has 1 saturated heterocycles. The molecule has 8 nitrogen and oxygen atoms in total. The molecule has 174 valence electrons. The summed E-state index contributed by atoms with van der Waals surface area (Å²) in [5.41, 5.74) is 3.18. The number of carbonyl (C=O) groups excluding carboxylic acids is 1. The molecule has 1 unspecified atom stereocenters. The fourth-order valence-electron chi connectivity index (χ4n) is 3.64. The summed E-state index contributed by atoms with van der Waals surface area (Å²) < 4.78 is 64.9. The first-order chi connectivity index (χ1) is 15.4. The van der Waals surface area contributed by atoms with Crippen LogP contribution in [0.15, 0.2) is 47.6 Å². The predicted molar refractivity (Wildman–Crippen MR) is 114 cm³/mol. The van der Waals surface area contributed by atoms with E-state index in [0.29, 0.717) is 5.39 Å². The third kappa shape index (κ3) is 4.82. The zero-order valence-electron chi connectivity index (χ0n) is 17.4. The van der Waals surface area contributed by atoms with Crippen molar-refractivity contribution in [2.45, 2.75) is 24.3 Å². The van der Waals surface area contributed by atoms with Crippen molar-refractivity contribution in [3.63, 3.8) is 0 Å². The number of pyridine rings is 2. The predicted octanol–water partition coefficient (Wildman–Crippen LogP) is 2.71. The highest BCUT2D eigenvalue weighted by Gasteiger charge is 2.41. The van der Waals surface area contributed by atoms with Gasteiger partial charge in [0.15, 0.2) is 5.03 Å². The van der Waals surface area contributed by atoms with Gasteiger partial charge in [-0.15, -0.1) is 0 Å². The van der Waals surface area contributed by atoms with Crippen molar-refractivity contribution in [1.82, 2.24) is 20.4 Å². The Kier molecular flexibility index (Phi) is 5.85. The minimum absolute atomic E-state index is 0.0462. The lowest BCUT2D eigenvalue weighted by molar-refractivity contribution is -0.106. The van der Waals surface area contributed by atoms with Gasteiger partial charge in [-0.3, -0.25) is 10.2 Å². The van der Waals surface area contributed by atoms with Crippen molar-refractivity contribution < 1.29 is 26.4 Å². The number of rotatable bonds is 4. The van der Waals surface area contributed by atoms with E-state index in [1.165, 1.54) is 48.5 Å². The molecule has 4 rings (SSSR count). The molecule has 1 aliphatic heterocycles. The van der Waals surface area contributed by atoms with Crippen molar-refractivity contribution in [2.75, 3.05) is 13.1 Å². The Labute approximate surface area is 187 Å². The summed E-state index contributed by atoms with van der Waals surface area (Å²) in [6.07, 6.45) is 0.793. The lowest BCUT2D eigenvalue weighted by Crippen LogP contribution is -2.53. The molecule has 3 N–H and O–H groups in total. The van der Waals surface area contributed by atoms with E-state index >= 15 is 0 Å². The number of carbonyl (C=O) groups is 1. The highest BCUT2D eigenvalue weighted by Crippen LogP contribution is 2.33. The van der Waals surface area contributed by atoms with E-state index in [1.807, 2.05) is 0 Å². The molecule has 0 saturated carbocycles. The molecule has 1 aliphatic rings. The van der Waals surface area contributed by atoms with Gasteiger partial charge in [-0.1, -0.05) is 6.92 Å². The lowest BCUT2D eigenvalue weighted by Gasteiger charge is -2.36. The number of nitrogens with one attached hydrogen (secondary N) is 1. The van der Waals surface area contributed by atoms with Crippen LogP contribution in [-0.2, 0) is 10.0 Å². The van der Waals surface area contributed by atoms with Gasteiger partial charge in [0.05, 0.1) is 16.8 Å². The van der Waals surface area contributed by atoms with Crippen LogP contribution in [0.1, 0.15) is 23.7 Å². The zero-order valence-corrected chi connectivity index (χ0v) is 18.2. The number of fused-ring (bicyclic) bond motifs is 1. The maximum Gasteiger partial charge on any atom is 0.267 e. The topological polar surface area (TPSA) is 118 Å². The van der Waals surface area contributed by atoms with Crippen LogP contribution in [0.25, 0.3) is 22.2 Å². The van der Waals surface area contributed by atoms with Crippen LogP contribution < -0.4 is 10.6 Å². The average molecular weight is 479 g/mol. The quantitative estimate of drug-likeness (QED) is 0.594. The van der Waals surface area contributed by atoms with Crippen molar-refractivity contribution >= 4 is 26.8 Å². The van der Waals surface area contributed by atoms with Gasteiger partial charge in [0.2, 0.25) is 0 Å². The second-order valence-corrected chi connectivity index (χ2v) is 9.46. The number of hydrazine groups is 1. The molecule has 1 fully saturated rings. The van der Waals surface area contributed by atoms with E-state index in [2.05, 4.69) is 15.4 Å². The zero-order chi connectivity index (χ0) is 24.0. The van der Waals surface area contributed by atoms with E-state index < -0.39 is 45.0 Å². The van der Waals surface area contributed by atoms with Gasteiger partial charge in [-0.05, 0) is 30.3 Å². The normalized spacial score (nSPS) is 18.9. The summed E-state index contributed by atoms with van der Waals surface area (Å²) in [7, 11) is -4.13. The second-order valence-electron chi connectivity index (χ2n) is 7.95. The summed E-state index contributed by atoms with van der Waals surface area (Å²) >= 11 is 0. The SMILES string of the molecule is CC1CN(NC(=O)c2cc3ccc(F)cc3nc2-c2ccnc(S(N)(=O)=O)c2)CCC1(F)F. The highest BCUT2D eigenvalue weighted by molar-refractivity contribution is 7.89. The molecule has 33 heavy (non-hydrogen) atoms. The van der Waals surface area contributed by atoms with E-state index in [1.54, 1.807) is 0 Å². The van der Waals surface area contributed by atoms with Crippen molar-refractivity contribution in [1.29, 1.82) is 0 Å². The monoisotopic (exact) mass is 479 g/mol. The van der Waals surface area contributed by atoms with Crippen LogP contribution in [-0.4, -0.2) is 48.3 Å². The van der Waals surface area contributed by atoms with E-state index in [9.17, 15) is 26.4 Å². The molecule has 3 heterocycles. The van der Waals surface area contributed by atoms with Crippen LogP contribution >= 0.6 is 0 Å². The van der Waals surface area contributed by atoms with Gasteiger partial charge in [0.25, 0.3) is 21.9 Å². The number of benzene rings is 1. The summed E-state index contributed by atoms with van der Waals surface area (Å²) in [4.78, 5) is 21.3. The summed E-state index contributed by atoms with van der Waals surface area (Å²) in [5, 5.41) is 6.60. The van der Waals surface area contributed by atoms with E-state index in [-0.39, 0.29) is 35.4 Å². The Morgan fingerprint density at radius 2 is 2.00 bits per heavy atom. The summed E-state index contributed by atoms with van der Waals surface area (Å²) in [6.45, 7) is 1.31. The van der Waals surface area contributed by atoms with Gasteiger partial charge in [-0.2, -0.15) is 0 Å². The van der Waals surface area contributed by atoms with Gasteiger partial charge in [-0.25, -0.2) is 41.7 Å². The summed E-state index contributed by atoms with van der Waals surface area (Å²) in [5.74, 6) is -4.94. The Morgan fingerprint density at radius 1 is 1.24 bits per heavy atom. The maximum absolute atomic E-state index is 13.8. The highest BCUT2D eigenvalue weighted by atomic mass is 32.2. The van der Waals surface area contributed by atoms with E-state index in [4.69, 9.17) is 5.14 Å². The van der Waals surface area contributed by atoms with Gasteiger partial charge < -0.3 is 0 Å². The summed E-state index contributed by atoms with van der Waals surface area (Å²) in [6, 6.07) is 7.91. The molecule has 0 radical (unpaired) electrons. The number of sulfonamides is 1. The van der Waals surface area contributed by atoms with Crippen LogP contribution in [0.3, 0.4) is 0 Å². The molecule has 2 aromatic heterocycles. The van der Waals surface area contributed by atoms with Crippen LogP contribution in [0, 0.1) is 11.7 Å². The number of nitrogens with two attached hydrogens (primary N) is 1. The third-order valence-corrected chi connectivity index (χ3v) is 6.32. The molecular weight excluding hydrogens is 459 g/mol. The Morgan fingerprint density at radius 3 is 2.70 bits per heavy atom. The minimum atomic E-state index is -4.13. The molecule has 0 spiro atoms. The Balaban J connectivity index is 1.77. The van der Waals surface area contributed by atoms with Crippen LogP contribution in [0.2, 0.25) is 0 Å². The maximum atomic E-state index is 13.8. The van der Waals surface area contributed by atoms with Crippen LogP contribution in [0.5, 0.6) is 0 Å². The molecular formula is C21H20F3N5O3S. The lowest BCUT2D eigenvalue weighted by atomic mass is 9.96. The minimum Gasteiger partial charge on any atom is -0.285 e. The largest absolute Gasteiger partial charge is 0.285 e. The third-order valence-electron chi connectivity index (χ3n) is 5.51. The molecule has 12 heteroatoms. The van der Waals surface area contributed by atoms with E-state index in [0.717, 1.165) is 6.07 Å². The first-order valence-corrected chi connectivity index (χ1v) is 11.5. The van der Waals surface area contributed by atoms with Gasteiger partial charge >= 0.3 is 0 Å². The smallest absolute Gasteiger partial charge is 0.267 e.